The number of benzene rings is 2. The molecular weight excluding hydrogens is 495 g/mol. The molecule has 36 heavy (non-hydrogen) atoms. The van der Waals surface area contributed by atoms with Gasteiger partial charge in [0.1, 0.15) is 17.5 Å². The predicted octanol–water partition coefficient (Wildman–Crippen LogP) is 7.07. The van der Waals surface area contributed by atoms with Gasteiger partial charge in [-0.25, -0.2) is 0 Å². The molecule has 0 bridgehead atoms. The number of hydrogen-bond donors (Lipinski definition) is 0. The molecule has 1 saturated heterocycles. The van der Waals surface area contributed by atoms with Gasteiger partial charge in [-0.3, -0.25) is 0 Å². The molecule has 2 aromatic heterocycles. The number of aryl methyl sites for hydroxylation is 1. The Hall–Kier alpha value is -2.98. The minimum Gasteiger partial charge on any atom is -0.373 e. The fraction of sp³-hybridized carbons (Fsp3) is 0.357. The van der Waals surface area contributed by atoms with Crippen LogP contribution in [0.2, 0.25) is 10.0 Å². The summed E-state index contributed by atoms with van der Waals surface area (Å²) in [6.07, 6.45) is 6.09. The number of anilines is 1. The first kappa shape index (κ1) is 23.4. The standard InChI is InChI=1S/C28H26Cl2N4O2/c1-33-15-18(14-31)21-13-19(7-8-25(21)33)34-11-9-20(10-12-34)35-16-22-27(32-36-28(22)17-5-6-17)26-23(29)3-2-4-24(26)30/h2-4,7-8,13,15,17,20H,5-6,9-12,16H2,1H3. The molecule has 6 rings (SSSR count). The molecule has 3 heterocycles. The van der Waals surface area contributed by atoms with Crippen molar-refractivity contribution < 1.29 is 9.26 Å². The summed E-state index contributed by atoms with van der Waals surface area (Å²) in [5.41, 5.74) is 5.29. The maximum Gasteiger partial charge on any atom is 0.145 e. The monoisotopic (exact) mass is 520 g/mol. The smallest absolute Gasteiger partial charge is 0.145 e. The Morgan fingerprint density at radius 1 is 1.11 bits per heavy atom. The number of nitriles is 1. The Labute approximate surface area is 219 Å². The summed E-state index contributed by atoms with van der Waals surface area (Å²) in [5, 5.41) is 16.0. The van der Waals surface area contributed by atoms with Crippen LogP contribution in [-0.2, 0) is 18.4 Å². The molecule has 6 nitrogen and oxygen atoms in total. The Morgan fingerprint density at radius 2 is 1.86 bits per heavy atom. The second-order valence-corrected chi connectivity index (χ2v) is 10.5. The topological polar surface area (TPSA) is 67.2 Å². The van der Waals surface area contributed by atoms with Crippen LogP contribution in [0.5, 0.6) is 0 Å². The first-order chi connectivity index (χ1) is 17.5. The van der Waals surface area contributed by atoms with Crippen LogP contribution in [0.25, 0.3) is 22.2 Å². The Kier molecular flexibility index (Phi) is 6.17. The lowest BCUT2D eigenvalue weighted by molar-refractivity contribution is 0.0246. The second kappa shape index (κ2) is 9.48. The van der Waals surface area contributed by atoms with Crippen LogP contribution in [0.15, 0.2) is 47.1 Å². The van der Waals surface area contributed by atoms with Crippen LogP contribution < -0.4 is 4.90 Å². The number of halogens is 2. The number of ether oxygens (including phenoxy) is 1. The van der Waals surface area contributed by atoms with Crippen molar-refractivity contribution in [3.05, 3.63) is 69.5 Å². The number of aromatic nitrogens is 2. The van der Waals surface area contributed by atoms with Gasteiger partial charge in [0.25, 0.3) is 0 Å². The second-order valence-electron chi connectivity index (χ2n) is 9.71. The van der Waals surface area contributed by atoms with E-state index in [2.05, 4.69) is 34.3 Å². The van der Waals surface area contributed by atoms with E-state index in [9.17, 15) is 5.26 Å². The van der Waals surface area contributed by atoms with Gasteiger partial charge in [-0.05, 0) is 56.0 Å². The van der Waals surface area contributed by atoms with Gasteiger partial charge in [0.05, 0.1) is 28.3 Å². The number of rotatable bonds is 6. The molecule has 1 aliphatic heterocycles. The molecule has 0 N–H and O–H groups in total. The van der Waals surface area contributed by atoms with Crippen molar-refractivity contribution in [3.63, 3.8) is 0 Å². The Balaban J connectivity index is 1.16. The van der Waals surface area contributed by atoms with Gasteiger partial charge >= 0.3 is 0 Å². The van der Waals surface area contributed by atoms with E-state index >= 15 is 0 Å². The van der Waals surface area contributed by atoms with E-state index in [4.69, 9.17) is 32.5 Å². The average Bonchev–Trinajstić information content (AvgIpc) is 3.57. The molecule has 4 aromatic rings. The molecule has 1 saturated carbocycles. The minimum atomic E-state index is 0.146. The van der Waals surface area contributed by atoms with Crippen molar-refractivity contribution in [2.24, 2.45) is 7.05 Å². The molecule has 0 atom stereocenters. The number of hydrogen-bond acceptors (Lipinski definition) is 5. The summed E-state index contributed by atoms with van der Waals surface area (Å²) in [6.45, 7) is 2.22. The van der Waals surface area contributed by atoms with Gasteiger partial charge in [0.2, 0.25) is 0 Å². The molecule has 0 radical (unpaired) electrons. The third-order valence-corrected chi connectivity index (χ3v) is 7.96. The number of nitrogens with zero attached hydrogens (tertiary/aromatic N) is 4. The number of fused-ring (bicyclic) bond motifs is 1. The van der Waals surface area contributed by atoms with Crippen molar-refractivity contribution in [2.75, 3.05) is 18.0 Å². The summed E-state index contributed by atoms with van der Waals surface area (Å²) in [7, 11) is 1.97. The first-order valence-corrected chi connectivity index (χ1v) is 13.1. The molecular formula is C28H26Cl2N4O2. The van der Waals surface area contributed by atoms with E-state index in [1.165, 1.54) is 0 Å². The van der Waals surface area contributed by atoms with Gasteiger partial charge in [-0.2, -0.15) is 5.26 Å². The Morgan fingerprint density at radius 3 is 2.56 bits per heavy atom. The summed E-state index contributed by atoms with van der Waals surface area (Å²) in [5.74, 6) is 1.31. The molecule has 2 aromatic carbocycles. The van der Waals surface area contributed by atoms with E-state index in [-0.39, 0.29) is 6.10 Å². The van der Waals surface area contributed by atoms with Crippen molar-refractivity contribution in [1.82, 2.24) is 9.72 Å². The Bertz CT molecular complexity index is 1450. The van der Waals surface area contributed by atoms with E-state index in [1.807, 2.05) is 36.0 Å². The lowest BCUT2D eigenvalue weighted by Crippen LogP contribution is -2.37. The quantitative estimate of drug-likeness (QED) is 0.271. The van der Waals surface area contributed by atoms with Crippen molar-refractivity contribution >= 4 is 39.8 Å². The molecule has 0 unspecified atom stereocenters. The highest BCUT2D eigenvalue weighted by Crippen LogP contribution is 2.46. The zero-order valence-corrected chi connectivity index (χ0v) is 21.5. The van der Waals surface area contributed by atoms with Crippen LogP contribution in [0.1, 0.15) is 48.5 Å². The lowest BCUT2D eigenvalue weighted by atomic mass is 10.0. The van der Waals surface area contributed by atoms with Gasteiger partial charge in [-0.1, -0.05) is 34.4 Å². The maximum absolute atomic E-state index is 9.48. The minimum absolute atomic E-state index is 0.146. The number of piperidine rings is 1. The van der Waals surface area contributed by atoms with Crippen molar-refractivity contribution in [1.29, 1.82) is 5.26 Å². The fourth-order valence-corrected chi connectivity index (χ4v) is 5.77. The van der Waals surface area contributed by atoms with Crippen LogP contribution >= 0.6 is 23.2 Å². The lowest BCUT2D eigenvalue weighted by Gasteiger charge is -2.33. The predicted molar refractivity (Wildman–Crippen MR) is 142 cm³/mol. The van der Waals surface area contributed by atoms with Gasteiger partial charge in [0.15, 0.2) is 0 Å². The average molecular weight is 521 g/mol. The molecule has 184 valence electrons. The highest BCUT2D eigenvalue weighted by Gasteiger charge is 2.34. The van der Waals surface area contributed by atoms with Crippen LogP contribution in [0.3, 0.4) is 0 Å². The first-order valence-electron chi connectivity index (χ1n) is 12.3. The van der Waals surface area contributed by atoms with Gasteiger partial charge in [0, 0.05) is 60.0 Å². The van der Waals surface area contributed by atoms with Crippen LogP contribution in [-0.4, -0.2) is 28.9 Å². The maximum atomic E-state index is 9.48. The SMILES string of the molecule is Cn1cc(C#N)c2cc(N3CCC(OCc4c(-c5c(Cl)cccc5Cl)noc4C4CC4)CC3)ccc21. The zero-order chi connectivity index (χ0) is 24.8. The van der Waals surface area contributed by atoms with Crippen LogP contribution in [0, 0.1) is 11.3 Å². The van der Waals surface area contributed by atoms with E-state index < -0.39 is 0 Å². The molecule has 0 amide bonds. The summed E-state index contributed by atoms with van der Waals surface area (Å²) < 4.78 is 14.2. The molecule has 2 aliphatic rings. The summed E-state index contributed by atoms with van der Waals surface area (Å²) in [6, 6.07) is 14.2. The normalized spacial score (nSPS) is 16.6. The van der Waals surface area contributed by atoms with Gasteiger partial charge < -0.3 is 18.7 Å². The van der Waals surface area contributed by atoms with Crippen molar-refractivity contribution in [3.8, 4) is 17.3 Å². The molecule has 1 aliphatic carbocycles. The summed E-state index contributed by atoms with van der Waals surface area (Å²) in [4.78, 5) is 2.37. The highest BCUT2D eigenvalue weighted by atomic mass is 35.5. The largest absolute Gasteiger partial charge is 0.373 e. The fourth-order valence-electron chi connectivity index (χ4n) is 5.20. The third kappa shape index (κ3) is 4.26. The molecule has 2 fully saturated rings. The van der Waals surface area contributed by atoms with Crippen LogP contribution in [0.4, 0.5) is 5.69 Å². The van der Waals surface area contributed by atoms with E-state index in [0.29, 0.717) is 39.4 Å². The van der Waals surface area contributed by atoms with Crippen molar-refractivity contribution in [2.45, 2.75) is 44.3 Å². The molecule has 0 spiro atoms. The van der Waals surface area contributed by atoms with Gasteiger partial charge in [-0.15, -0.1) is 0 Å². The highest BCUT2D eigenvalue weighted by molar-refractivity contribution is 6.39. The zero-order valence-electron chi connectivity index (χ0n) is 20.0. The third-order valence-electron chi connectivity index (χ3n) is 7.33. The molecule has 8 heteroatoms. The van der Waals surface area contributed by atoms with E-state index in [0.717, 1.165) is 66.7 Å². The van der Waals surface area contributed by atoms with E-state index in [1.54, 1.807) is 0 Å². The summed E-state index contributed by atoms with van der Waals surface area (Å²) >= 11 is 13.0.